The summed E-state index contributed by atoms with van der Waals surface area (Å²) >= 11 is 0. The van der Waals surface area contributed by atoms with Gasteiger partial charge in [-0.2, -0.15) is 5.10 Å². The lowest BCUT2D eigenvalue weighted by Crippen LogP contribution is -2.38. The highest BCUT2D eigenvalue weighted by atomic mass is 16.1. The van der Waals surface area contributed by atoms with Crippen LogP contribution in [0.1, 0.15) is 70.5 Å². The van der Waals surface area contributed by atoms with Gasteiger partial charge < -0.3 is 5.73 Å². The quantitative estimate of drug-likeness (QED) is 0.838. The minimum atomic E-state index is -0.366. The van der Waals surface area contributed by atoms with Crippen LogP contribution in [-0.2, 0) is 11.2 Å². The minimum Gasteiger partial charge on any atom is -0.329 e. The van der Waals surface area contributed by atoms with Gasteiger partial charge in [0.05, 0.1) is 18.2 Å². The number of nitrogens with zero attached hydrogens (tertiary/aromatic N) is 2. The van der Waals surface area contributed by atoms with Crippen LogP contribution in [0.4, 0.5) is 0 Å². The van der Waals surface area contributed by atoms with Gasteiger partial charge in [0.1, 0.15) is 5.78 Å². The summed E-state index contributed by atoms with van der Waals surface area (Å²) in [7, 11) is 0. The smallest absolute Gasteiger partial charge is 0.146 e. The van der Waals surface area contributed by atoms with E-state index in [2.05, 4.69) is 23.6 Å². The van der Waals surface area contributed by atoms with Crippen LogP contribution in [-0.4, -0.2) is 22.1 Å². The van der Waals surface area contributed by atoms with Crippen molar-refractivity contribution in [3.63, 3.8) is 0 Å². The molecular formula is C17H29N3O. The maximum Gasteiger partial charge on any atom is 0.146 e. The molecule has 1 aliphatic rings. The largest absolute Gasteiger partial charge is 0.329 e. The average molecular weight is 291 g/mol. The second-order valence-corrected chi connectivity index (χ2v) is 6.37. The second kappa shape index (κ2) is 7.21. The molecule has 0 spiro atoms. The number of Topliss-reactive ketones (excluding diaryl/α,β-unsaturated/α-hetero) is 1. The summed E-state index contributed by atoms with van der Waals surface area (Å²) in [6.45, 7) is 4.53. The summed E-state index contributed by atoms with van der Waals surface area (Å²) in [4.78, 5) is 12.6. The Labute approximate surface area is 128 Å². The molecule has 1 heterocycles. The lowest BCUT2D eigenvalue weighted by atomic mass is 9.77. The van der Waals surface area contributed by atoms with E-state index in [1.165, 1.54) is 32.1 Å². The van der Waals surface area contributed by atoms with Crippen molar-refractivity contribution in [3.8, 4) is 0 Å². The van der Waals surface area contributed by atoms with E-state index in [9.17, 15) is 4.79 Å². The van der Waals surface area contributed by atoms with Gasteiger partial charge in [-0.15, -0.1) is 0 Å². The molecule has 1 saturated carbocycles. The van der Waals surface area contributed by atoms with Crippen molar-refractivity contribution < 1.29 is 4.79 Å². The molecule has 0 aliphatic heterocycles. The Hall–Kier alpha value is -1.16. The summed E-state index contributed by atoms with van der Waals surface area (Å²) in [5.74, 6) is 0.240. The fraction of sp³-hybridized carbons (Fsp3) is 0.765. The molecule has 118 valence electrons. The van der Waals surface area contributed by atoms with Crippen molar-refractivity contribution in [2.75, 3.05) is 6.54 Å². The molecule has 4 heteroatoms. The van der Waals surface area contributed by atoms with Crippen molar-refractivity contribution >= 4 is 5.78 Å². The molecule has 4 nitrogen and oxygen atoms in total. The van der Waals surface area contributed by atoms with E-state index in [0.717, 1.165) is 18.5 Å². The van der Waals surface area contributed by atoms with Crippen molar-refractivity contribution in [2.45, 2.75) is 71.3 Å². The van der Waals surface area contributed by atoms with E-state index < -0.39 is 0 Å². The fourth-order valence-electron chi connectivity index (χ4n) is 3.42. The molecule has 1 fully saturated rings. The topological polar surface area (TPSA) is 60.9 Å². The number of rotatable bonds is 7. The molecule has 0 saturated heterocycles. The monoisotopic (exact) mass is 291 g/mol. The predicted octanol–water partition coefficient (Wildman–Crippen LogP) is 3.27. The molecule has 1 aliphatic carbocycles. The third-order valence-corrected chi connectivity index (χ3v) is 5.29. The number of hydrogen-bond donors (Lipinski definition) is 1. The highest BCUT2D eigenvalue weighted by molar-refractivity contribution is 5.86. The molecule has 1 aromatic rings. The van der Waals surface area contributed by atoms with Crippen LogP contribution in [0.5, 0.6) is 0 Å². The molecule has 0 unspecified atom stereocenters. The van der Waals surface area contributed by atoms with Crippen LogP contribution in [0.2, 0.25) is 0 Å². The third-order valence-electron chi connectivity index (χ3n) is 5.29. The van der Waals surface area contributed by atoms with Crippen LogP contribution < -0.4 is 5.73 Å². The number of carbonyl (C=O) groups is 1. The maximum atomic E-state index is 12.6. The molecule has 21 heavy (non-hydrogen) atoms. The zero-order valence-electron chi connectivity index (χ0n) is 13.5. The van der Waals surface area contributed by atoms with Gasteiger partial charge in [-0.1, -0.05) is 33.1 Å². The van der Waals surface area contributed by atoms with Gasteiger partial charge in [0.25, 0.3) is 0 Å². The predicted molar refractivity (Wildman–Crippen MR) is 85.1 cm³/mol. The van der Waals surface area contributed by atoms with Crippen LogP contribution >= 0.6 is 0 Å². The Morgan fingerprint density at radius 3 is 2.57 bits per heavy atom. The highest BCUT2D eigenvalue weighted by Crippen LogP contribution is 2.29. The molecule has 0 radical (unpaired) electrons. The second-order valence-electron chi connectivity index (χ2n) is 6.37. The average Bonchev–Trinajstić information content (AvgIpc) is 2.99. The minimum absolute atomic E-state index is 0.240. The first-order valence-electron chi connectivity index (χ1n) is 8.42. The number of aromatic nitrogens is 2. The van der Waals surface area contributed by atoms with Gasteiger partial charge in [-0.05, 0) is 31.7 Å². The summed E-state index contributed by atoms with van der Waals surface area (Å²) in [5.41, 5.74) is 6.39. The Balaban J connectivity index is 2.03. The normalized spacial score (nSPS) is 17.1. The van der Waals surface area contributed by atoms with Crippen LogP contribution in [0, 0.1) is 5.41 Å². The molecule has 0 bridgehead atoms. The number of carbonyl (C=O) groups excluding carboxylic acids is 1. The Bertz CT molecular complexity index is 448. The Morgan fingerprint density at radius 2 is 2.00 bits per heavy atom. The summed E-state index contributed by atoms with van der Waals surface area (Å²) in [6, 6.07) is 2.53. The molecular weight excluding hydrogens is 262 g/mol. The highest BCUT2D eigenvalue weighted by Gasteiger charge is 2.33. The first kappa shape index (κ1) is 16.2. The summed E-state index contributed by atoms with van der Waals surface area (Å²) < 4.78 is 2.07. The Kier molecular flexibility index (Phi) is 5.57. The van der Waals surface area contributed by atoms with Crippen molar-refractivity contribution in [2.24, 2.45) is 11.1 Å². The van der Waals surface area contributed by atoms with Crippen LogP contribution in [0.15, 0.2) is 12.3 Å². The van der Waals surface area contributed by atoms with Gasteiger partial charge >= 0.3 is 0 Å². The summed E-state index contributed by atoms with van der Waals surface area (Å²) in [5, 5.41) is 4.65. The van der Waals surface area contributed by atoms with E-state index in [4.69, 9.17) is 5.73 Å². The standard InChI is InChI=1S/C17H29N3O/c1-3-17(4-2,13-18)16(21)12-14-10-11-20(19-14)15-8-6-5-7-9-15/h10-11,15H,3-9,12-13,18H2,1-2H3. The number of nitrogens with two attached hydrogens (primary N) is 1. The van der Waals surface area contributed by atoms with Crippen LogP contribution in [0.25, 0.3) is 0 Å². The Morgan fingerprint density at radius 1 is 1.33 bits per heavy atom. The van der Waals surface area contributed by atoms with E-state index >= 15 is 0 Å². The molecule has 1 aromatic heterocycles. The van der Waals surface area contributed by atoms with Gasteiger partial charge in [-0.25, -0.2) is 0 Å². The van der Waals surface area contributed by atoms with Gasteiger partial charge in [0.2, 0.25) is 0 Å². The summed E-state index contributed by atoms with van der Waals surface area (Å²) in [6.07, 6.45) is 10.4. The zero-order chi connectivity index (χ0) is 15.3. The lowest BCUT2D eigenvalue weighted by Gasteiger charge is -2.28. The van der Waals surface area contributed by atoms with Crippen molar-refractivity contribution in [3.05, 3.63) is 18.0 Å². The van der Waals surface area contributed by atoms with Crippen molar-refractivity contribution in [1.82, 2.24) is 9.78 Å². The lowest BCUT2D eigenvalue weighted by molar-refractivity contribution is -0.128. The number of ketones is 1. The van der Waals surface area contributed by atoms with Crippen LogP contribution in [0.3, 0.4) is 0 Å². The first-order valence-corrected chi connectivity index (χ1v) is 8.42. The first-order chi connectivity index (χ1) is 10.1. The SMILES string of the molecule is CCC(CC)(CN)C(=O)Cc1ccn(C2CCCCC2)n1. The van der Waals surface area contributed by atoms with E-state index in [-0.39, 0.29) is 11.2 Å². The van der Waals surface area contributed by atoms with Gasteiger partial charge in [0, 0.05) is 18.2 Å². The third kappa shape index (κ3) is 3.54. The van der Waals surface area contributed by atoms with E-state index in [1.807, 2.05) is 12.3 Å². The zero-order valence-corrected chi connectivity index (χ0v) is 13.5. The van der Waals surface area contributed by atoms with E-state index in [1.54, 1.807) is 0 Å². The van der Waals surface area contributed by atoms with Crippen molar-refractivity contribution in [1.29, 1.82) is 0 Å². The molecule has 2 N–H and O–H groups in total. The maximum absolute atomic E-state index is 12.6. The molecule has 0 atom stereocenters. The molecule has 0 amide bonds. The fourth-order valence-corrected chi connectivity index (χ4v) is 3.42. The molecule has 2 rings (SSSR count). The van der Waals surface area contributed by atoms with Gasteiger partial charge in [0.15, 0.2) is 0 Å². The number of hydrogen-bond acceptors (Lipinski definition) is 3. The molecule has 0 aromatic carbocycles. The van der Waals surface area contributed by atoms with E-state index in [0.29, 0.717) is 19.0 Å². The van der Waals surface area contributed by atoms with Gasteiger partial charge in [-0.3, -0.25) is 9.48 Å².